The largest absolute Gasteiger partial charge is 0.383 e. The summed E-state index contributed by atoms with van der Waals surface area (Å²) in [5.41, 5.74) is 1.07. The Morgan fingerprint density at radius 3 is 2.81 bits per heavy atom. The number of hydrogen-bond donors (Lipinski definition) is 1. The fraction of sp³-hybridized carbons (Fsp3) is 0.500. The summed E-state index contributed by atoms with van der Waals surface area (Å²) >= 11 is 0. The van der Waals surface area contributed by atoms with Crippen molar-refractivity contribution in [1.29, 1.82) is 5.26 Å². The third-order valence-corrected chi connectivity index (χ3v) is 3.26. The average molecular weight is 289 g/mol. The van der Waals surface area contributed by atoms with E-state index in [1.807, 2.05) is 0 Å². The Bertz CT molecular complexity index is 483. The van der Waals surface area contributed by atoms with Gasteiger partial charge in [-0.15, -0.1) is 0 Å². The number of nitrogens with zero attached hydrogens (tertiary/aromatic N) is 2. The lowest BCUT2D eigenvalue weighted by molar-refractivity contribution is -0.116. The highest BCUT2D eigenvalue weighted by Crippen LogP contribution is 2.13. The Hall–Kier alpha value is -1.90. The van der Waals surface area contributed by atoms with Crippen LogP contribution in [-0.4, -0.2) is 44.2 Å². The molecule has 1 aromatic rings. The van der Waals surface area contributed by atoms with Crippen LogP contribution in [0.2, 0.25) is 0 Å². The molecule has 1 rings (SSSR count). The number of carbonyl (C=O) groups is 1. The van der Waals surface area contributed by atoms with Crippen LogP contribution in [0.3, 0.4) is 0 Å². The molecule has 1 amide bonds. The SMILES string of the molecule is CCN(CCCC(=O)Nc1ccccc1C#N)CCOC. The fourth-order valence-electron chi connectivity index (χ4n) is 2.01. The predicted molar refractivity (Wildman–Crippen MR) is 83.0 cm³/mol. The minimum Gasteiger partial charge on any atom is -0.383 e. The second-order valence-corrected chi connectivity index (χ2v) is 4.74. The van der Waals surface area contributed by atoms with Crippen LogP contribution in [0.1, 0.15) is 25.3 Å². The molecule has 0 unspecified atom stereocenters. The predicted octanol–water partition coefficient (Wildman–Crippen LogP) is 2.25. The molecule has 0 bridgehead atoms. The van der Waals surface area contributed by atoms with E-state index in [1.54, 1.807) is 31.4 Å². The molecule has 0 aromatic heterocycles. The van der Waals surface area contributed by atoms with Crippen LogP contribution in [-0.2, 0) is 9.53 Å². The normalized spacial score (nSPS) is 10.4. The Labute approximate surface area is 126 Å². The van der Waals surface area contributed by atoms with Crippen LogP contribution in [0.5, 0.6) is 0 Å². The van der Waals surface area contributed by atoms with E-state index in [2.05, 4.69) is 23.2 Å². The number of likely N-dealkylation sites (N-methyl/N-ethyl adjacent to an activating group) is 1. The maximum absolute atomic E-state index is 11.9. The summed E-state index contributed by atoms with van der Waals surface area (Å²) < 4.78 is 5.05. The number of rotatable bonds is 9. The van der Waals surface area contributed by atoms with E-state index in [0.717, 1.165) is 26.1 Å². The molecule has 0 spiro atoms. The summed E-state index contributed by atoms with van der Waals surface area (Å²) in [6.07, 6.45) is 1.24. The van der Waals surface area contributed by atoms with E-state index in [-0.39, 0.29) is 5.91 Å². The lowest BCUT2D eigenvalue weighted by Crippen LogP contribution is -2.29. The molecule has 0 aliphatic heterocycles. The monoisotopic (exact) mass is 289 g/mol. The molecule has 21 heavy (non-hydrogen) atoms. The summed E-state index contributed by atoms with van der Waals surface area (Å²) in [5, 5.41) is 11.8. The van der Waals surface area contributed by atoms with Crippen LogP contribution in [0, 0.1) is 11.3 Å². The zero-order valence-corrected chi connectivity index (χ0v) is 12.8. The summed E-state index contributed by atoms with van der Waals surface area (Å²) in [7, 11) is 1.69. The summed E-state index contributed by atoms with van der Waals surface area (Å²) in [4.78, 5) is 14.2. The van der Waals surface area contributed by atoms with E-state index in [4.69, 9.17) is 10.00 Å². The van der Waals surface area contributed by atoms with Gasteiger partial charge in [0, 0.05) is 20.1 Å². The van der Waals surface area contributed by atoms with Gasteiger partial charge >= 0.3 is 0 Å². The van der Waals surface area contributed by atoms with Crippen LogP contribution in [0.15, 0.2) is 24.3 Å². The number of para-hydroxylation sites is 1. The van der Waals surface area contributed by atoms with Crippen molar-refractivity contribution in [1.82, 2.24) is 4.90 Å². The highest BCUT2D eigenvalue weighted by molar-refractivity contribution is 5.92. The Morgan fingerprint density at radius 1 is 1.38 bits per heavy atom. The van der Waals surface area contributed by atoms with Gasteiger partial charge in [0.2, 0.25) is 5.91 Å². The zero-order valence-electron chi connectivity index (χ0n) is 12.8. The second-order valence-electron chi connectivity index (χ2n) is 4.74. The quantitative estimate of drug-likeness (QED) is 0.757. The van der Waals surface area contributed by atoms with Crippen LogP contribution < -0.4 is 5.32 Å². The molecule has 0 heterocycles. The minimum atomic E-state index is -0.0551. The molecular formula is C16H23N3O2. The Morgan fingerprint density at radius 2 is 2.14 bits per heavy atom. The van der Waals surface area contributed by atoms with Crippen molar-refractivity contribution in [3.63, 3.8) is 0 Å². The first-order valence-electron chi connectivity index (χ1n) is 7.21. The molecular weight excluding hydrogens is 266 g/mol. The second kappa shape index (κ2) is 9.92. The molecule has 0 saturated carbocycles. The lowest BCUT2D eigenvalue weighted by atomic mass is 10.2. The third-order valence-electron chi connectivity index (χ3n) is 3.26. The number of ether oxygens (including phenoxy) is 1. The van der Waals surface area contributed by atoms with Crippen molar-refractivity contribution in [3.05, 3.63) is 29.8 Å². The third kappa shape index (κ3) is 6.39. The number of amides is 1. The molecule has 0 atom stereocenters. The fourth-order valence-corrected chi connectivity index (χ4v) is 2.01. The number of nitrogens with one attached hydrogen (secondary N) is 1. The van der Waals surface area contributed by atoms with Gasteiger partial charge in [-0.1, -0.05) is 19.1 Å². The van der Waals surface area contributed by atoms with Crippen LogP contribution >= 0.6 is 0 Å². The van der Waals surface area contributed by atoms with Gasteiger partial charge < -0.3 is 15.0 Å². The van der Waals surface area contributed by atoms with Crippen molar-refractivity contribution >= 4 is 11.6 Å². The molecule has 5 nitrogen and oxygen atoms in total. The number of anilines is 1. The Kier molecular flexibility index (Phi) is 8.10. The van der Waals surface area contributed by atoms with Gasteiger partial charge in [0.15, 0.2) is 0 Å². The molecule has 0 fully saturated rings. The summed E-state index contributed by atoms with van der Waals surface area (Å²) in [5.74, 6) is -0.0551. The molecule has 5 heteroatoms. The van der Waals surface area contributed by atoms with E-state index < -0.39 is 0 Å². The summed E-state index contributed by atoms with van der Waals surface area (Å²) in [6.45, 7) is 5.50. The zero-order chi connectivity index (χ0) is 15.5. The highest BCUT2D eigenvalue weighted by Gasteiger charge is 2.07. The van der Waals surface area contributed by atoms with E-state index in [0.29, 0.717) is 24.3 Å². The van der Waals surface area contributed by atoms with Gasteiger partial charge in [-0.3, -0.25) is 4.79 Å². The molecule has 0 aliphatic rings. The van der Waals surface area contributed by atoms with Gasteiger partial charge in [0.05, 0.1) is 17.9 Å². The topological polar surface area (TPSA) is 65.4 Å². The first kappa shape index (κ1) is 17.2. The highest BCUT2D eigenvalue weighted by atomic mass is 16.5. The van der Waals surface area contributed by atoms with Gasteiger partial charge in [-0.05, 0) is 31.6 Å². The van der Waals surface area contributed by atoms with Gasteiger partial charge in [-0.25, -0.2) is 0 Å². The van der Waals surface area contributed by atoms with Crippen LogP contribution in [0.4, 0.5) is 5.69 Å². The van der Waals surface area contributed by atoms with Crippen molar-refractivity contribution in [2.24, 2.45) is 0 Å². The number of benzene rings is 1. The van der Waals surface area contributed by atoms with Crippen molar-refractivity contribution < 1.29 is 9.53 Å². The molecule has 0 aliphatic carbocycles. The van der Waals surface area contributed by atoms with Gasteiger partial charge in [0.25, 0.3) is 0 Å². The lowest BCUT2D eigenvalue weighted by Gasteiger charge is -2.19. The minimum absolute atomic E-state index is 0.0551. The number of carbonyl (C=O) groups excluding carboxylic acids is 1. The van der Waals surface area contributed by atoms with E-state index >= 15 is 0 Å². The molecule has 0 saturated heterocycles. The van der Waals surface area contributed by atoms with Crippen LogP contribution in [0.25, 0.3) is 0 Å². The smallest absolute Gasteiger partial charge is 0.224 e. The number of methoxy groups -OCH3 is 1. The molecule has 0 radical (unpaired) electrons. The Balaban J connectivity index is 2.36. The van der Waals surface area contributed by atoms with Gasteiger partial charge in [0.1, 0.15) is 6.07 Å². The average Bonchev–Trinajstić information content (AvgIpc) is 2.51. The number of hydrogen-bond acceptors (Lipinski definition) is 4. The summed E-state index contributed by atoms with van der Waals surface area (Å²) in [6, 6.07) is 9.09. The molecule has 1 N–H and O–H groups in total. The van der Waals surface area contributed by atoms with E-state index in [1.165, 1.54) is 0 Å². The van der Waals surface area contributed by atoms with Gasteiger partial charge in [-0.2, -0.15) is 5.26 Å². The van der Waals surface area contributed by atoms with Crippen molar-refractivity contribution in [2.45, 2.75) is 19.8 Å². The number of nitriles is 1. The standard InChI is InChI=1S/C16H23N3O2/c1-3-19(11-12-21-2)10-6-9-16(20)18-15-8-5-4-7-14(15)13-17/h4-5,7-8H,3,6,9-12H2,1-2H3,(H,18,20). The molecule has 1 aromatic carbocycles. The maximum Gasteiger partial charge on any atom is 0.224 e. The molecule has 114 valence electrons. The first-order valence-corrected chi connectivity index (χ1v) is 7.21. The van der Waals surface area contributed by atoms with E-state index in [9.17, 15) is 4.79 Å². The first-order chi connectivity index (χ1) is 10.2. The maximum atomic E-state index is 11.9. The van der Waals surface area contributed by atoms with Crippen molar-refractivity contribution in [3.8, 4) is 6.07 Å². The van der Waals surface area contributed by atoms with Crippen molar-refractivity contribution in [2.75, 3.05) is 38.7 Å².